The highest BCUT2D eigenvalue weighted by Crippen LogP contribution is 2.45. The minimum Gasteiger partial charge on any atom is -0.376 e. The molecule has 0 saturated carbocycles. The van der Waals surface area contributed by atoms with Crippen LogP contribution in [0.25, 0.3) is 0 Å². The van der Waals surface area contributed by atoms with E-state index in [1.807, 2.05) is 20.8 Å². The van der Waals surface area contributed by atoms with E-state index >= 15 is 0 Å². The average Bonchev–Trinajstić information content (AvgIpc) is 2.84. The fourth-order valence-corrected chi connectivity index (χ4v) is 4.20. The zero-order chi connectivity index (χ0) is 21.9. The number of nitrogens with one attached hydrogen (secondary N) is 3. The van der Waals surface area contributed by atoms with E-state index in [2.05, 4.69) is 36.7 Å². The van der Waals surface area contributed by atoms with Crippen molar-refractivity contribution in [2.24, 2.45) is 23.2 Å². The van der Waals surface area contributed by atoms with Gasteiger partial charge in [-0.3, -0.25) is 14.4 Å². The van der Waals surface area contributed by atoms with E-state index in [9.17, 15) is 14.4 Å². The molecule has 2 amide bonds. The van der Waals surface area contributed by atoms with Gasteiger partial charge in [-0.05, 0) is 37.7 Å². The van der Waals surface area contributed by atoms with Crippen molar-refractivity contribution in [3.8, 4) is 0 Å². The second kappa shape index (κ2) is 9.31. The Bertz CT molecular complexity index is 675. The third-order valence-electron chi connectivity index (χ3n) is 6.12. The Kier molecular flexibility index (Phi) is 7.52. The fraction of sp³-hybridized carbons (Fsp3) is 0.783. The molecule has 6 heteroatoms. The van der Waals surface area contributed by atoms with Crippen LogP contribution in [-0.4, -0.2) is 36.2 Å². The molecule has 6 nitrogen and oxygen atoms in total. The van der Waals surface area contributed by atoms with Crippen LogP contribution in [0.3, 0.4) is 0 Å². The number of hydrogen-bond acceptors (Lipinski definition) is 4. The lowest BCUT2D eigenvalue weighted by Crippen LogP contribution is -2.51. The number of carbonyl (C=O) groups excluding carboxylic acids is 3. The highest BCUT2D eigenvalue weighted by atomic mass is 16.2. The van der Waals surface area contributed by atoms with Crippen molar-refractivity contribution >= 4 is 17.6 Å². The number of carbonyl (C=O) groups is 3. The summed E-state index contributed by atoms with van der Waals surface area (Å²) < 4.78 is 0. The average molecular weight is 406 g/mol. The van der Waals surface area contributed by atoms with Gasteiger partial charge in [0.1, 0.15) is 6.04 Å². The number of ketones is 1. The first-order valence-corrected chi connectivity index (χ1v) is 11.0. The number of allylic oxidation sites excluding steroid dienone is 1. The minimum absolute atomic E-state index is 0.0288. The van der Waals surface area contributed by atoms with Crippen molar-refractivity contribution in [3.05, 3.63) is 11.3 Å². The first-order chi connectivity index (χ1) is 13.4. The molecule has 4 atom stereocenters. The molecule has 0 spiro atoms. The molecule has 0 saturated heterocycles. The molecule has 0 aromatic carbocycles. The zero-order valence-electron chi connectivity index (χ0n) is 19.1. The molecule has 1 aliphatic carbocycles. The van der Waals surface area contributed by atoms with Crippen LogP contribution in [0.1, 0.15) is 74.1 Å². The van der Waals surface area contributed by atoms with Crippen LogP contribution < -0.4 is 16.0 Å². The topological polar surface area (TPSA) is 87.3 Å². The number of hydrogen-bond donors (Lipinski definition) is 3. The lowest BCUT2D eigenvalue weighted by atomic mass is 9.76. The summed E-state index contributed by atoms with van der Waals surface area (Å²) in [5, 5.41) is 9.25. The Morgan fingerprint density at radius 2 is 1.83 bits per heavy atom. The van der Waals surface area contributed by atoms with Crippen LogP contribution in [0.5, 0.6) is 0 Å². The Hall–Kier alpha value is -1.85. The van der Waals surface area contributed by atoms with Gasteiger partial charge in [0.05, 0.1) is 6.04 Å². The van der Waals surface area contributed by atoms with Gasteiger partial charge in [-0.2, -0.15) is 0 Å². The lowest BCUT2D eigenvalue weighted by molar-refractivity contribution is -0.132. The molecule has 1 heterocycles. The molecule has 0 aromatic rings. The van der Waals surface area contributed by atoms with Crippen LogP contribution in [0, 0.1) is 23.2 Å². The second-order valence-electron chi connectivity index (χ2n) is 10.2. The summed E-state index contributed by atoms with van der Waals surface area (Å²) in [5.41, 5.74) is 1.96. The third kappa shape index (κ3) is 5.83. The number of rotatable bonds is 9. The van der Waals surface area contributed by atoms with Crippen molar-refractivity contribution in [1.29, 1.82) is 0 Å². The smallest absolute Gasteiger partial charge is 0.243 e. The van der Waals surface area contributed by atoms with E-state index in [4.69, 9.17) is 0 Å². The first-order valence-electron chi connectivity index (χ1n) is 11.0. The first kappa shape index (κ1) is 23.4. The maximum atomic E-state index is 12.7. The van der Waals surface area contributed by atoms with Crippen LogP contribution >= 0.6 is 0 Å². The van der Waals surface area contributed by atoms with Crippen LogP contribution in [0.15, 0.2) is 11.3 Å². The molecule has 164 valence electrons. The van der Waals surface area contributed by atoms with Gasteiger partial charge < -0.3 is 16.0 Å². The minimum atomic E-state index is -0.505. The maximum absolute atomic E-state index is 12.7. The SMILES string of the molecule is CC(C)CCNC(=O)CCC1CC2=C1NC(C(=O)N[C@@H](C)C(=O)C(C)(C)C)C2C. The van der Waals surface area contributed by atoms with E-state index in [-0.39, 0.29) is 29.6 Å². The van der Waals surface area contributed by atoms with E-state index in [0.29, 0.717) is 18.3 Å². The van der Waals surface area contributed by atoms with Crippen molar-refractivity contribution in [2.45, 2.75) is 86.2 Å². The highest BCUT2D eigenvalue weighted by molar-refractivity contribution is 5.93. The van der Waals surface area contributed by atoms with Gasteiger partial charge in [-0.15, -0.1) is 0 Å². The van der Waals surface area contributed by atoms with Crippen molar-refractivity contribution < 1.29 is 14.4 Å². The second-order valence-corrected chi connectivity index (χ2v) is 10.2. The van der Waals surface area contributed by atoms with Gasteiger partial charge in [0, 0.05) is 35.9 Å². The summed E-state index contributed by atoms with van der Waals surface area (Å²) in [5.74, 6) is 1.05. The Morgan fingerprint density at radius 3 is 2.41 bits per heavy atom. The summed E-state index contributed by atoms with van der Waals surface area (Å²) in [6.07, 6.45) is 3.27. The molecule has 3 N–H and O–H groups in total. The Balaban J connectivity index is 1.80. The Labute approximate surface area is 175 Å². The fourth-order valence-electron chi connectivity index (χ4n) is 4.20. The summed E-state index contributed by atoms with van der Waals surface area (Å²) in [7, 11) is 0. The molecule has 0 aromatic heterocycles. The lowest BCUT2D eigenvalue weighted by Gasteiger charge is -2.30. The van der Waals surface area contributed by atoms with Crippen molar-refractivity contribution in [2.75, 3.05) is 6.54 Å². The predicted molar refractivity (Wildman–Crippen MR) is 115 cm³/mol. The molecule has 3 unspecified atom stereocenters. The summed E-state index contributed by atoms with van der Waals surface area (Å²) in [4.78, 5) is 37.1. The number of amides is 2. The van der Waals surface area contributed by atoms with Crippen molar-refractivity contribution in [3.63, 3.8) is 0 Å². The standard InChI is InChI=1S/C23H39N3O3/c1-13(2)10-11-24-18(27)9-8-16-12-17-14(3)19(26-20(16)17)22(29)25-15(4)21(28)23(5,6)7/h13-16,19,26H,8-12H2,1-7H3,(H,24,27)(H,25,29)/t14?,15-,16?,19?/m0/s1. The molecule has 0 radical (unpaired) electrons. The van der Waals surface area contributed by atoms with E-state index < -0.39 is 11.5 Å². The van der Waals surface area contributed by atoms with Gasteiger partial charge in [0.25, 0.3) is 0 Å². The van der Waals surface area contributed by atoms with Crippen LogP contribution in [0.2, 0.25) is 0 Å². The molecule has 0 fully saturated rings. The largest absolute Gasteiger partial charge is 0.376 e. The van der Waals surface area contributed by atoms with Gasteiger partial charge in [0.15, 0.2) is 5.78 Å². The van der Waals surface area contributed by atoms with Gasteiger partial charge in [-0.25, -0.2) is 0 Å². The summed E-state index contributed by atoms with van der Waals surface area (Å²) >= 11 is 0. The molecule has 29 heavy (non-hydrogen) atoms. The number of Topliss-reactive ketones (excluding diaryl/α,β-unsaturated/α-hetero) is 1. The van der Waals surface area contributed by atoms with E-state index in [1.165, 1.54) is 5.57 Å². The van der Waals surface area contributed by atoms with Gasteiger partial charge in [-0.1, -0.05) is 41.5 Å². The third-order valence-corrected chi connectivity index (χ3v) is 6.12. The molecule has 1 aliphatic heterocycles. The molecule has 2 rings (SSSR count). The maximum Gasteiger partial charge on any atom is 0.243 e. The summed E-state index contributed by atoms with van der Waals surface area (Å²) in [6.45, 7) is 14.4. The van der Waals surface area contributed by atoms with E-state index in [0.717, 1.165) is 31.5 Å². The molecular weight excluding hydrogens is 366 g/mol. The van der Waals surface area contributed by atoms with Crippen LogP contribution in [0.4, 0.5) is 0 Å². The van der Waals surface area contributed by atoms with Gasteiger partial charge in [0.2, 0.25) is 11.8 Å². The summed E-state index contributed by atoms with van der Waals surface area (Å²) in [6, 6.07) is -0.838. The Morgan fingerprint density at radius 1 is 1.17 bits per heavy atom. The molecule has 2 aliphatic rings. The highest BCUT2D eigenvalue weighted by Gasteiger charge is 2.45. The normalized spacial score (nSPS) is 24.5. The van der Waals surface area contributed by atoms with Gasteiger partial charge >= 0.3 is 0 Å². The molecule has 0 bridgehead atoms. The predicted octanol–water partition coefficient (Wildman–Crippen LogP) is 2.93. The van der Waals surface area contributed by atoms with Crippen LogP contribution in [-0.2, 0) is 14.4 Å². The van der Waals surface area contributed by atoms with E-state index in [1.54, 1.807) is 6.92 Å². The quantitative estimate of drug-likeness (QED) is 0.550. The van der Waals surface area contributed by atoms with Crippen molar-refractivity contribution in [1.82, 2.24) is 16.0 Å². The monoisotopic (exact) mass is 405 g/mol. The molecular formula is C23H39N3O3. The zero-order valence-corrected chi connectivity index (χ0v) is 19.1.